The Balaban J connectivity index is 3.45. The fraction of sp³-hybridized carbons (Fsp3) is 0.786. The Morgan fingerprint density at radius 2 is 2.00 bits per heavy atom. The predicted octanol–water partition coefficient (Wildman–Crippen LogP) is 2.18. The lowest BCUT2D eigenvalue weighted by Crippen LogP contribution is -2.38. The third-order valence-corrected chi connectivity index (χ3v) is 2.27. The first-order valence-corrected chi connectivity index (χ1v) is 6.84. The molecule has 0 aliphatic carbocycles. The molecule has 18 heavy (non-hydrogen) atoms. The summed E-state index contributed by atoms with van der Waals surface area (Å²) in [6.45, 7) is 9.81. The van der Waals surface area contributed by atoms with E-state index in [4.69, 9.17) is 4.74 Å². The van der Waals surface area contributed by atoms with Crippen LogP contribution in [0.25, 0.3) is 0 Å². The van der Waals surface area contributed by atoms with Gasteiger partial charge in [0.25, 0.3) is 0 Å². The predicted molar refractivity (Wildman–Crippen MR) is 79.1 cm³/mol. The van der Waals surface area contributed by atoms with E-state index in [9.17, 15) is 0 Å². The van der Waals surface area contributed by atoms with E-state index in [1.807, 2.05) is 6.92 Å². The molecule has 0 radical (unpaired) electrons. The minimum absolute atomic E-state index is 0.610. The van der Waals surface area contributed by atoms with Gasteiger partial charge in [-0.15, -0.1) is 0 Å². The van der Waals surface area contributed by atoms with Crippen molar-refractivity contribution in [1.29, 1.82) is 0 Å². The summed E-state index contributed by atoms with van der Waals surface area (Å²) in [5.41, 5.74) is 0. The highest BCUT2D eigenvalue weighted by atomic mass is 16.5. The number of hydrogen-bond acceptors (Lipinski definition) is 2. The summed E-state index contributed by atoms with van der Waals surface area (Å²) in [5.74, 6) is 1.47. The molecule has 0 aromatic heterocycles. The first-order valence-electron chi connectivity index (χ1n) is 6.84. The van der Waals surface area contributed by atoms with Gasteiger partial charge in [-0.25, -0.2) is 0 Å². The Morgan fingerprint density at radius 3 is 2.61 bits per heavy atom. The van der Waals surface area contributed by atoms with Crippen molar-refractivity contribution in [3.8, 4) is 0 Å². The molecule has 0 aliphatic rings. The van der Waals surface area contributed by atoms with Gasteiger partial charge in [0.1, 0.15) is 0 Å². The standard InChI is InChI=1S/C14H29N3O/c1-5-6-7-9-16-14(15-4)17-10-8-11-18-12-13(2)3/h5-6,13H,7-12H2,1-4H3,(H2,15,16,17). The minimum atomic E-state index is 0.610. The average Bonchev–Trinajstić information content (AvgIpc) is 2.35. The Kier molecular flexibility index (Phi) is 11.7. The van der Waals surface area contributed by atoms with E-state index in [0.29, 0.717) is 5.92 Å². The zero-order valence-electron chi connectivity index (χ0n) is 12.3. The number of guanidine groups is 1. The normalized spacial score (nSPS) is 12.4. The summed E-state index contributed by atoms with van der Waals surface area (Å²) in [4.78, 5) is 4.16. The topological polar surface area (TPSA) is 45.7 Å². The molecule has 0 rings (SSSR count). The number of allylic oxidation sites excluding steroid dienone is 1. The molecule has 106 valence electrons. The third kappa shape index (κ3) is 11.5. The van der Waals surface area contributed by atoms with E-state index in [1.165, 1.54) is 0 Å². The van der Waals surface area contributed by atoms with Crippen molar-refractivity contribution >= 4 is 5.96 Å². The van der Waals surface area contributed by atoms with E-state index in [-0.39, 0.29) is 0 Å². The van der Waals surface area contributed by atoms with Crippen molar-refractivity contribution in [2.75, 3.05) is 33.4 Å². The molecule has 0 aromatic carbocycles. The Hall–Kier alpha value is -1.03. The first kappa shape index (κ1) is 17.0. The number of aliphatic imine (C=N–C) groups is 1. The fourth-order valence-corrected chi connectivity index (χ4v) is 1.36. The SMILES string of the molecule is CC=CCCNC(=NC)NCCCOCC(C)C. The van der Waals surface area contributed by atoms with Crippen molar-refractivity contribution in [3.63, 3.8) is 0 Å². The lowest BCUT2D eigenvalue weighted by molar-refractivity contribution is 0.108. The highest BCUT2D eigenvalue weighted by molar-refractivity contribution is 5.79. The van der Waals surface area contributed by atoms with Crippen LogP contribution in [0.5, 0.6) is 0 Å². The highest BCUT2D eigenvalue weighted by Crippen LogP contribution is 1.92. The van der Waals surface area contributed by atoms with Gasteiger partial charge in [-0.1, -0.05) is 26.0 Å². The van der Waals surface area contributed by atoms with Gasteiger partial charge in [-0.05, 0) is 25.7 Å². The van der Waals surface area contributed by atoms with Crippen molar-refractivity contribution in [1.82, 2.24) is 10.6 Å². The monoisotopic (exact) mass is 255 g/mol. The van der Waals surface area contributed by atoms with Gasteiger partial charge >= 0.3 is 0 Å². The van der Waals surface area contributed by atoms with Gasteiger partial charge in [-0.3, -0.25) is 4.99 Å². The zero-order chi connectivity index (χ0) is 13.6. The van der Waals surface area contributed by atoms with Crippen molar-refractivity contribution in [3.05, 3.63) is 12.2 Å². The van der Waals surface area contributed by atoms with Crippen LogP contribution in [-0.2, 0) is 4.74 Å². The Morgan fingerprint density at radius 1 is 1.28 bits per heavy atom. The summed E-state index contributed by atoms with van der Waals surface area (Å²) < 4.78 is 5.51. The second-order valence-electron chi connectivity index (χ2n) is 4.61. The van der Waals surface area contributed by atoms with Crippen molar-refractivity contribution < 1.29 is 4.74 Å². The van der Waals surface area contributed by atoms with Crippen LogP contribution in [-0.4, -0.2) is 39.3 Å². The molecular weight excluding hydrogens is 226 g/mol. The Labute approximate surface area is 112 Å². The molecule has 0 spiro atoms. The van der Waals surface area contributed by atoms with Gasteiger partial charge in [-0.2, -0.15) is 0 Å². The summed E-state index contributed by atoms with van der Waals surface area (Å²) in [6, 6.07) is 0. The summed E-state index contributed by atoms with van der Waals surface area (Å²) in [5, 5.41) is 6.53. The maximum absolute atomic E-state index is 5.51. The largest absolute Gasteiger partial charge is 0.381 e. The van der Waals surface area contributed by atoms with Gasteiger partial charge < -0.3 is 15.4 Å². The molecule has 0 aromatic rings. The molecule has 0 fully saturated rings. The second kappa shape index (κ2) is 12.4. The first-order chi connectivity index (χ1) is 8.70. The van der Waals surface area contributed by atoms with Crippen LogP contribution in [0.1, 0.15) is 33.6 Å². The summed E-state index contributed by atoms with van der Waals surface area (Å²) in [7, 11) is 1.79. The fourth-order valence-electron chi connectivity index (χ4n) is 1.36. The number of ether oxygens (including phenoxy) is 1. The van der Waals surface area contributed by atoms with Crippen molar-refractivity contribution in [2.24, 2.45) is 10.9 Å². The summed E-state index contributed by atoms with van der Waals surface area (Å²) >= 11 is 0. The average molecular weight is 255 g/mol. The Bertz CT molecular complexity index is 237. The molecule has 4 nitrogen and oxygen atoms in total. The van der Waals surface area contributed by atoms with Crippen LogP contribution in [0.15, 0.2) is 17.1 Å². The van der Waals surface area contributed by atoms with E-state index in [0.717, 1.165) is 45.1 Å². The van der Waals surface area contributed by atoms with E-state index in [1.54, 1.807) is 7.05 Å². The van der Waals surface area contributed by atoms with Crippen LogP contribution in [0, 0.1) is 5.92 Å². The number of nitrogens with one attached hydrogen (secondary N) is 2. The van der Waals surface area contributed by atoms with Crippen LogP contribution < -0.4 is 10.6 Å². The third-order valence-electron chi connectivity index (χ3n) is 2.27. The molecule has 4 heteroatoms. The number of nitrogens with zero attached hydrogens (tertiary/aromatic N) is 1. The molecule has 0 aliphatic heterocycles. The lowest BCUT2D eigenvalue weighted by Gasteiger charge is -2.11. The van der Waals surface area contributed by atoms with Crippen LogP contribution >= 0.6 is 0 Å². The molecule has 0 amide bonds. The van der Waals surface area contributed by atoms with E-state index >= 15 is 0 Å². The van der Waals surface area contributed by atoms with Gasteiger partial charge in [0.15, 0.2) is 5.96 Å². The van der Waals surface area contributed by atoms with E-state index < -0.39 is 0 Å². The molecule has 0 saturated carbocycles. The van der Waals surface area contributed by atoms with Crippen LogP contribution in [0.3, 0.4) is 0 Å². The second-order valence-corrected chi connectivity index (χ2v) is 4.61. The molecule has 0 heterocycles. The van der Waals surface area contributed by atoms with E-state index in [2.05, 4.69) is 41.6 Å². The smallest absolute Gasteiger partial charge is 0.190 e. The van der Waals surface area contributed by atoms with Gasteiger partial charge in [0.05, 0.1) is 0 Å². The van der Waals surface area contributed by atoms with Crippen LogP contribution in [0.2, 0.25) is 0 Å². The molecule has 2 N–H and O–H groups in total. The summed E-state index contributed by atoms with van der Waals surface area (Å²) in [6.07, 6.45) is 6.22. The molecule has 0 saturated heterocycles. The zero-order valence-corrected chi connectivity index (χ0v) is 12.3. The lowest BCUT2D eigenvalue weighted by atomic mass is 10.2. The molecule has 0 bridgehead atoms. The van der Waals surface area contributed by atoms with Crippen LogP contribution in [0.4, 0.5) is 0 Å². The maximum atomic E-state index is 5.51. The molecular formula is C14H29N3O. The van der Waals surface area contributed by atoms with Gasteiger partial charge in [0.2, 0.25) is 0 Å². The quantitative estimate of drug-likeness (QED) is 0.287. The number of rotatable bonds is 9. The molecule has 0 atom stereocenters. The number of hydrogen-bond donors (Lipinski definition) is 2. The minimum Gasteiger partial charge on any atom is -0.381 e. The maximum Gasteiger partial charge on any atom is 0.190 e. The molecule has 0 unspecified atom stereocenters. The highest BCUT2D eigenvalue weighted by Gasteiger charge is 1.96. The van der Waals surface area contributed by atoms with Gasteiger partial charge in [0, 0.05) is 33.4 Å². The van der Waals surface area contributed by atoms with Crippen molar-refractivity contribution in [2.45, 2.75) is 33.6 Å².